The molecule has 192 valence electrons. The molecule has 0 aliphatic carbocycles. The monoisotopic (exact) mass is 500 g/mol. The average Bonchev–Trinajstić information content (AvgIpc) is 3.28. The van der Waals surface area contributed by atoms with Gasteiger partial charge in [0.25, 0.3) is 0 Å². The Kier molecular flexibility index (Phi) is 9.46. The van der Waals surface area contributed by atoms with Crippen LogP contribution < -0.4 is 4.74 Å². The maximum Gasteiger partial charge on any atom is 0.317 e. The Labute approximate surface area is 217 Å². The summed E-state index contributed by atoms with van der Waals surface area (Å²) in [6.07, 6.45) is 0.638. The fourth-order valence-corrected chi connectivity index (χ4v) is 3.94. The number of nitrogens with zero attached hydrogens (tertiary/aromatic N) is 2. The Morgan fingerprint density at radius 3 is 2.32 bits per heavy atom. The van der Waals surface area contributed by atoms with Crippen LogP contribution in [0, 0.1) is 6.92 Å². The number of carbonyl (C=O) groups is 1. The second kappa shape index (κ2) is 13.4. The summed E-state index contributed by atoms with van der Waals surface area (Å²) >= 11 is 0. The molecule has 4 rings (SSSR count). The molecule has 1 aromatic heterocycles. The van der Waals surface area contributed by atoms with E-state index in [1.807, 2.05) is 96.8 Å². The first-order chi connectivity index (χ1) is 18.1. The Morgan fingerprint density at radius 2 is 1.62 bits per heavy atom. The summed E-state index contributed by atoms with van der Waals surface area (Å²) in [5.41, 5.74) is 3.94. The lowest BCUT2D eigenvalue weighted by molar-refractivity contribution is -0.138. The second-order valence-corrected chi connectivity index (χ2v) is 8.77. The van der Waals surface area contributed by atoms with Gasteiger partial charge in [-0.1, -0.05) is 60.7 Å². The van der Waals surface area contributed by atoms with Gasteiger partial charge in [-0.3, -0.25) is 9.69 Å². The molecule has 0 amide bonds. The number of ether oxygens (including phenoxy) is 2. The summed E-state index contributed by atoms with van der Waals surface area (Å²) in [4.78, 5) is 17.8. The van der Waals surface area contributed by atoms with Crippen molar-refractivity contribution in [3.05, 3.63) is 108 Å². The van der Waals surface area contributed by atoms with Gasteiger partial charge in [0.2, 0.25) is 5.89 Å². The predicted molar refractivity (Wildman–Crippen MR) is 141 cm³/mol. The smallest absolute Gasteiger partial charge is 0.317 e. The molecular weight excluding hydrogens is 468 g/mol. The van der Waals surface area contributed by atoms with Crippen molar-refractivity contribution in [1.29, 1.82) is 0 Å². The highest BCUT2D eigenvalue weighted by Gasteiger charge is 2.12. The van der Waals surface area contributed by atoms with Crippen molar-refractivity contribution in [2.24, 2.45) is 0 Å². The van der Waals surface area contributed by atoms with Crippen molar-refractivity contribution >= 4 is 5.97 Å². The molecule has 1 heterocycles. The quantitative estimate of drug-likeness (QED) is 0.233. The van der Waals surface area contributed by atoms with E-state index in [0.717, 1.165) is 33.9 Å². The zero-order valence-electron chi connectivity index (χ0n) is 21.0. The van der Waals surface area contributed by atoms with E-state index in [0.29, 0.717) is 45.2 Å². The third-order valence-corrected chi connectivity index (χ3v) is 5.87. The molecule has 4 aromatic rings. The molecule has 0 saturated carbocycles. The van der Waals surface area contributed by atoms with E-state index in [9.17, 15) is 9.90 Å². The van der Waals surface area contributed by atoms with Crippen LogP contribution in [0.3, 0.4) is 0 Å². The van der Waals surface area contributed by atoms with E-state index in [1.165, 1.54) is 0 Å². The van der Waals surface area contributed by atoms with E-state index >= 15 is 0 Å². The first-order valence-electron chi connectivity index (χ1n) is 12.4. The summed E-state index contributed by atoms with van der Waals surface area (Å²) in [6, 6.07) is 27.5. The van der Waals surface area contributed by atoms with E-state index in [2.05, 4.69) is 4.98 Å². The molecule has 0 aliphatic heterocycles. The fraction of sp³-hybridized carbons (Fsp3) is 0.267. The molecule has 0 saturated heterocycles. The van der Waals surface area contributed by atoms with Gasteiger partial charge in [0.05, 0.1) is 32.1 Å². The van der Waals surface area contributed by atoms with Crippen LogP contribution in [-0.4, -0.2) is 47.3 Å². The Morgan fingerprint density at radius 1 is 0.919 bits per heavy atom. The van der Waals surface area contributed by atoms with Crippen LogP contribution in [0.15, 0.2) is 89.3 Å². The van der Waals surface area contributed by atoms with Crippen molar-refractivity contribution in [2.45, 2.75) is 26.5 Å². The predicted octanol–water partition coefficient (Wildman–Crippen LogP) is 5.37. The number of aliphatic carboxylic acids is 1. The first-order valence-corrected chi connectivity index (χ1v) is 12.4. The number of benzene rings is 3. The normalized spacial score (nSPS) is 11.1. The maximum atomic E-state index is 11.3. The molecule has 7 heteroatoms. The van der Waals surface area contributed by atoms with Crippen molar-refractivity contribution in [1.82, 2.24) is 9.88 Å². The van der Waals surface area contributed by atoms with Crippen molar-refractivity contribution < 1.29 is 23.8 Å². The SMILES string of the molecule is Cc1oc(-c2ccccc2)nc1CCOc1ccc(CN(CCOCc2ccccc2)CC(=O)O)cc1. The zero-order chi connectivity index (χ0) is 25.9. The summed E-state index contributed by atoms with van der Waals surface area (Å²) in [5.74, 6) is 1.31. The molecule has 0 bridgehead atoms. The van der Waals surface area contributed by atoms with Gasteiger partial charge in [-0.05, 0) is 42.3 Å². The molecule has 0 unspecified atom stereocenters. The van der Waals surface area contributed by atoms with Gasteiger partial charge in [-0.25, -0.2) is 4.98 Å². The average molecular weight is 501 g/mol. The first kappa shape index (κ1) is 26.1. The number of hydrogen-bond donors (Lipinski definition) is 1. The van der Waals surface area contributed by atoms with Gasteiger partial charge in [0, 0.05) is 25.1 Å². The van der Waals surface area contributed by atoms with E-state index in [4.69, 9.17) is 13.9 Å². The highest BCUT2D eigenvalue weighted by Crippen LogP contribution is 2.22. The largest absolute Gasteiger partial charge is 0.493 e. The minimum absolute atomic E-state index is 0.0467. The highest BCUT2D eigenvalue weighted by molar-refractivity contribution is 5.69. The van der Waals surface area contributed by atoms with Crippen LogP contribution in [0.4, 0.5) is 0 Å². The summed E-state index contributed by atoms with van der Waals surface area (Å²) < 4.78 is 17.5. The Balaban J connectivity index is 1.23. The minimum Gasteiger partial charge on any atom is -0.493 e. The number of aryl methyl sites for hydroxylation is 1. The van der Waals surface area contributed by atoms with Crippen molar-refractivity contribution in [3.8, 4) is 17.2 Å². The molecule has 7 nitrogen and oxygen atoms in total. The highest BCUT2D eigenvalue weighted by atomic mass is 16.5. The van der Waals surface area contributed by atoms with Gasteiger partial charge < -0.3 is 19.0 Å². The summed E-state index contributed by atoms with van der Waals surface area (Å²) in [6.45, 7) is 4.35. The van der Waals surface area contributed by atoms with Gasteiger partial charge in [-0.2, -0.15) is 0 Å². The molecule has 0 radical (unpaired) electrons. The van der Waals surface area contributed by atoms with E-state index in [-0.39, 0.29) is 6.54 Å². The lowest BCUT2D eigenvalue weighted by Gasteiger charge is -2.20. The summed E-state index contributed by atoms with van der Waals surface area (Å²) in [5, 5.41) is 9.30. The summed E-state index contributed by atoms with van der Waals surface area (Å²) in [7, 11) is 0. The number of rotatable bonds is 14. The third kappa shape index (κ3) is 8.31. The standard InChI is InChI=1S/C30H32N2O5/c1-23-28(31-30(37-23)26-10-6-3-7-11-26)16-18-36-27-14-12-24(13-15-27)20-32(21-29(33)34)17-19-35-22-25-8-4-2-5-9-25/h2-15H,16-22H2,1H3,(H,33,34). The Hall–Kier alpha value is -3.94. The topological polar surface area (TPSA) is 85.0 Å². The van der Waals surface area contributed by atoms with Crippen LogP contribution in [0.25, 0.3) is 11.5 Å². The number of carboxylic acids is 1. The molecule has 0 aliphatic rings. The van der Waals surface area contributed by atoms with E-state index in [1.54, 1.807) is 0 Å². The second-order valence-electron chi connectivity index (χ2n) is 8.77. The lowest BCUT2D eigenvalue weighted by Crippen LogP contribution is -2.32. The molecule has 37 heavy (non-hydrogen) atoms. The minimum atomic E-state index is -0.860. The van der Waals surface area contributed by atoms with Crippen LogP contribution in [-0.2, 0) is 29.1 Å². The lowest BCUT2D eigenvalue weighted by atomic mass is 10.2. The van der Waals surface area contributed by atoms with Crippen LogP contribution in [0.5, 0.6) is 5.75 Å². The molecule has 1 N–H and O–H groups in total. The molecule has 0 spiro atoms. The van der Waals surface area contributed by atoms with Crippen LogP contribution in [0.1, 0.15) is 22.6 Å². The number of carboxylic acid groups (broad SMARTS) is 1. The van der Waals surface area contributed by atoms with Crippen molar-refractivity contribution in [3.63, 3.8) is 0 Å². The number of oxazole rings is 1. The van der Waals surface area contributed by atoms with Crippen LogP contribution >= 0.6 is 0 Å². The third-order valence-electron chi connectivity index (χ3n) is 5.87. The molecule has 0 atom stereocenters. The van der Waals surface area contributed by atoms with Gasteiger partial charge in [0.1, 0.15) is 11.5 Å². The van der Waals surface area contributed by atoms with Gasteiger partial charge >= 0.3 is 5.97 Å². The number of hydrogen-bond acceptors (Lipinski definition) is 6. The molecule has 3 aromatic carbocycles. The van der Waals surface area contributed by atoms with E-state index < -0.39 is 5.97 Å². The van der Waals surface area contributed by atoms with Crippen LogP contribution in [0.2, 0.25) is 0 Å². The van der Waals surface area contributed by atoms with Crippen molar-refractivity contribution in [2.75, 3.05) is 26.3 Å². The Bertz CT molecular complexity index is 1240. The number of aromatic nitrogens is 1. The molecular formula is C30H32N2O5. The fourth-order valence-electron chi connectivity index (χ4n) is 3.94. The maximum absolute atomic E-state index is 11.3. The van der Waals surface area contributed by atoms with Gasteiger partial charge in [-0.15, -0.1) is 0 Å². The van der Waals surface area contributed by atoms with Gasteiger partial charge in [0.15, 0.2) is 0 Å². The zero-order valence-corrected chi connectivity index (χ0v) is 21.0. The molecule has 0 fully saturated rings.